The van der Waals surface area contributed by atoms with Gasteiger partial charge >= 0.3 is 0 Å². The molecule has 0 aromatic heterocycles. The van der Waals surface area contributed by atoms with Crippen molar-refractivity contribution in [3.8, 4) is 0 Å². The van der Waals surface area contributed by atoms with Crippen molar-refractivity contribution in [2.75, 3.05) is 39.5 Å². The first-order valence-electron chi connectivity index (χ1n) is 7.99. The lowest BCUT2D eigenvalue weighted by Gasteiger charge is -2.14. The minimum atomic E-state index is -3.72. The lowest BCUT2D eigenvalue weighted by Crippen LogP contribution is -2.30. The van der Waals surface area contributed by atoms with E-state index < -0.39 is 21.5 Å². The van der Waals surface area contributed by atoms with Crippen molar-refractivity contribution in [2.45, 2.75) is 11.3 Å². The van der Waals surface area contributed by atoms with Gasteiger partial charge < -0.3 is 15.5 Å². The number of carbonyl (C=O) groups excluding carboxylic acids is 2. The van der Waals surface area contributed by atoms with Crippen LogP contribution < -0.4 is 10.6 Å². The van der Waals surface area contributed by atoms with Gasteiger partial charge in [0, 0.05) is 32.7 Å². The Balaban J connectivity index is 1.99. The molecule has 7 nitrogen and oxygen atoms in total. The molecule has 8 heteroatoms. The van der Waals surface area contributed by atoms with Crippen LogP contribution in [0.15, 0.2) is 40.8 Å². The number of carbonyl (C=O) groups is 2. The van der Waals surface area contributed by atoms with Crippen LogP contribution in [0.5, 0.6) is 0 Å². The van der Waals surface area contributed by atoms with Gasteiger partial charge in [-0.05, 0) is 37.2 Å². The molecule has 1 heterocycles. The van der Waals surface area contributed by atoms with Gasteiger partial charge in [0.2, 0.25) is 5.91 Å². The van der Waals surface area contributed by atoms with E-state index in [4.69, 9.17) is 0 Å². The molecule has 1 aromatic rings. The number of nitrogens with one attached hydrogen (secondary N) is 2. The second-order valence-corrected chi connectivity index (χ2v) is 8.06. The standard InChI is InChI=1S/C17H23N3O4S/c1-20(2)16(21)12-25(23,24)15-5-3-14(4-6-15)17(22)19-11-13-7-9-18-10-8-13/h3-7,18H,8-12H2,1-2H3,(H,19,22). The van der Waals surface area contributed by atoms with Crippen LogP contribution >= 0.6 is 0 Å². The molecule has 1 aliphatic heterocycles. The van der Waals surface area contributed by atoms with E-state index in [2.05, 4.69) is 16.7 Å². The zero-order valence-corrected chi connectivity index (χ0v) is 15.2. The Morgan fingerprint density at radius 3 is 2.44 bits per heavy atom. The van der Waals surface area contributed by atoms with Crippen molar-refractivity contribution in [1.29, 1.82) is 0 Å². The van der Waals surface area contributed by atoms with E-state index in [0.717, 1.165) is 19.5 Å². The van der Waals surface area contributed by atoms with Crippen molar-refractivity contribution in [1.82, 2.24) is 15.5 Å². The van der Waals surface area contributed by atoms with E-state index in [0.29, 0.717) is 12.1 Å². The average molecular weight is 365 g/mol. The van der Waals surface area contributed by atoms with Crippen LogP contribution in [0.3, 0.4) is 0 Å². The van der Waals surface area contributed by atoms with Crippen LogP contribution in [0.2, 0.25) is 0 Å². The summed E-state index contributed by atoms with van der Waals surface area (Å²) in [5, 5.41) is 6.03. The van der Waals surface area contributed by atoms with Gasteiger partial charge in [0.25, 0.3) is 5.91 Å². The van der Waals surface area contributed by atoms with Gasteiger partial charge in [-0.3, -0.25) is 9.59 Å². The fourth-order valence-electron chi connectivity index (χ4n) is 2.31. The normalized spacial score (nSPS) is 14.6. The van der Waals surface area contributed by atoms with E-state index in [1.54, 1.807) is 0 Å². The van der Waals surface area contributed by atoms with Crippen molar-refractivity contribution < 1.29 is 18.0 Å². The Morgan fingerprint density at radius 1 is 1.20 bits per heavy atom. The summed E-state index contributed by atoms with van der Waals surface area (Å²) in [6.45, 7) is 2.20. The molecule has 0 saturated carbocycles. The largest absolute Gasteiger partial charge is 0.348 e. The fraction of sp³-hybridized carbons (Fsp3) is 0.412. The molecule has 0 unspecified atom stereocenters. The highest BCUT2D eigenvalue weighted by atomic mass is 32.2. The first kappa shape index (κ1) is 19.1. The molecule has 2 amide bonds. The number of nitrogens with zero attached hydrogens (tertiary/aromatic N) is 1. The molecule has 2 rings (SSSR count). The Bertz CT molecular complexity index is 768. The summed E-state index contributed by atoms with van der Waals surface area (Å²) in [5.74, 6) is -1.34. The number of amides is 2. The van der Waals surface area contributed by atoms with Gasteiger partial charge in [-0.2, -0.15) is 0 Å². The fourth-order valence-corrected chi connectivity index (χ4v) is 3.62. The van der Waals surface area contributed by atoms with Gasteiger partial charge in [-0.15, -0.1) is 0 Å². The smallest absolute Gasteiger partial charge is 0.251 e. The molecule has 2 N–H and O–H groups in total. The molecular weight excluding hydrogens is 342 g/mol. The highest BCUT2D eigenvalue weighted by molar-refractivity contribution is 7.92. The molecule has 0 atom stereocenters. The molecular formula is C17H23N3O4S. The third kappa shape index (κ3) is 5.40. The van der Waals surface area contributed by atoms with Crippen LogP contribution in [0.1, 0.15) is 16.8 Å². The molecule has 0 bridgehead atoms. The summed E-state index contributed by atoms with van der Waals surface area (Å²) in [5.41, 5.74) is 1.56. The quantitative estimate of drug-likeness (QED) is 0.702. The van der Waals surface area contributed by atoms with Crippen molar-refractivity contribution in [3.05, 3.63) is 41.5 Å². The molecule has 0 fully saturated rings. The third-order valence-corrected chi connectivity index (χ3v) is 5.54. The molecule has 0 aliphatic carbocycles. The highest BCUT2D eigenvalue weighted by Crippen LogP contribution is 2.13. The zero-order valence-electron chi connectivity index (χ0n) is 14.4. The van der Waals surface area contributed by atoms with Gasteiger partial charge in [0.05, 0.1) is 4.90 Å². The Morgan fingerprint density at radius 2 is 1.88 bits per heavy atom. The Kier molecular flexibility index (Phi) is 6.33. The second kappa shape index (κ2) is 8.26. The van der Waals surface area contributed by atoms with Gasteiger partial charge in [-0.1, -0.05) is 11.6 Å². The van der Waals surface area contributed by atoms with Gasteiger partial charge in [-0.25, -0.2) is 8.42 Å². The molecule has 0 spiro atoms. The van der Waals surface area contributed by atoms with Crippen molar-refractivity contribution >= 4 is 21.7 Å². The van der Waals surface area contributed by atoms with Crippen LogP contribution in [0.4, 0.5) is 0 Å². The molecule has 1 aliphatic rings. The Labute approximate surface area is 148 Å². The van der Waals surface area contributed by atoms with E-state index in [-0.39, 0.29) is 10.8 Å². The summed E-state index contributed by atoms with van der Waals surface area (Å²) in [6.07, 6.45) is 2.96. The van der Waals surface area contributed by atoms with Crippen LogP contribution in [-0.2, 0) is 14.6 Å². The minimum Gasteiger partial charge on any atom is -0.348 e. The van der Waals surface area contributed by atoms with Crippen LogP contribution in [0, 0.1) is 0 Å². The number of sulfone groups is 1. The van der Waals surface area contributed by atoms with E-state index in [1.165, 1.54) is 48.8 Å². The summed E-state index contributed by atoms with van der Waals surface area (Å²) < 4.78 is 24.4. The van der Waals surface area contributed by atoms with E-state index in [1.807, 2.05) is 0 Å². The SMILES string of the molecule is CN(C)C(=O)CS(=O)(=O)c1ccc(C(=O)NCC2=CCNCC2)cc1. The predicted molar refractivity (Wildman–Crippen MR) is 95.1 cm³/mol. The molecule has 25 heavy (non-hydrogen) atoms. The van der Waals surface area contributed by atoms with Gasteiger partial charge in [0.1, 0.15) is 5.75 Å². The summed E-state index contributed by atoms with van der Waals surface area (Å²) in [4.78, 5) is 25.0. The van der Waals surface area contributed by atoms with E-state index >= 15 is 0 Å². The van der Waals surface area contributed by atoms with Crippen molar-refractivity contribution in [2.24, 2.45) is 0 Å². The maximum Gasteiger partial charge on any atom is 0.251 e. The maximum atomic E-state index is 12.2. The second-order valence-electron chi connectivity index (χ2n) is 6.07. The van der Waals surface area contributed by atoms with Crippen molar-refractivity contribution in [3.63, 3.8) is 0 Å². The average Bonchev–Trinajstić information content (AvgIpc) is 2.60. The number of benzene rings is 1. The summed E-state index contributed by atoms with van der Waals surface area (Å²) in [7, 11) is -0.709. The topological polar surface area (TPSA) is 95.6 Å². The summed E-state index contributed by atoms with van der Waals surface area (Å²) in [6, 6.07) is 5.63. The monoisotopic (exact) mass is 365 g/mol. The number of hydrogen-bond donors (Lipinski definition) is 2. The molecule has 0 radical (unpaired) electrons. The number of hydrogen-bond acceptors (Lipinski definition) is 5. The first-order chi connectivity index (χ1) is 11.8. The van der Waals surface area contributed by atoms with Crippen LogP contribution in [0.25, 0.3) is 0 Å². The third-order valence-electron chi connectivity index (χ3n) is 3.92. The molecule has 0 saturated heterocycles. The molecule has 1 aromatic carbocycles. The lowest BCUT2D eigenvalue weighted by molar-refractivity contribution is -0.125. The summed E-state index contributed by atoms with van der Waals surface area (Å²) >= 11 is 0. The highest BCUT2D eigenvalue weighted by Gasteiger charge is 2.20. The van der Waals surface area contributed by atoms with Gasteiger partial charge in [0.15, 0.2) is 9.84 Å². The van der Waals surface area contributed by atoms with E-state index in [9.17, 15) is 18.0 Å². The lowest BCUT2D eigenvalue weighted by atomic mass is 10.1. The Hall–Kier alpha value is -2.19. The molecule has 136 valence electrons. The minimum absolute atomic E-state index is 0.0281. The number of rotatable bonds is 6. The predicted octanol–water partition coefficient (Wildman–Crippen LogP) is 0.198. The maximum absolute atomic E-state index is 12.2. The van der Waals surface area contributed by atoms with Crippen LogP contribution in [-0.4, -0.2) is 64.6 Å². The first-order valence-corrected chi connectivity index (χ1v) is 9.64. The zero-order chi connectivity index (χ0) is 18.4.